The Bertz CT molecular complexity index is 674. The van der Waals surface area contributed by atoms with E-state index < -0.39 is 5.41 Å². The summed E-state index contributed by atoms with van der Waals surface area (Å²) in [5.74, 6) is 0.253. The van der Waals surface area contributed by atoms with Gasteiger partial charge in [0, 0.05) is 30.3 Å². The third-order valence-electron chi connectivity index (χ3n) is 4.88. The van der Waals surface area contributed by atoms with Crippen molar-refractivity contribution in [2.75, 3.05) is 24.7 Å². The summed E-state index contributed by atoms with van der Waals surface area (Å²) in [5, 5.41) is 2.07. The van der Waals surface area contributed by atoms with E-state index in [0.29, 0.717) is 13.2 Å². The second-order valence-electron chi connectivity index (χ2n) is 6.01. The highest BCUT2D eigenvalue weighted by Gasteiger charge is 2.46. The lowest BCUT2D eigenvalue weighted by atomic mass is 9.77. The summed E-state index contributed by atoms with van der Waals surface area (Å²) in [6.07, 6.45) is 2.52. The van der Waals surface area contributed by atoms with Crippen molar-refractivity contribution in [3.63, 3.8) is 0 Å². The molecule has 1 fully saturated rings. The molecule has 2 aliphatic heterocycles. The fourth-order valence-corrected chi connectivity index (χ4v) is 4.62. The van der Waals surface area contributed by atoms with Crippen molar-refractivity contribution in [2.24, 2.45) is 0 Å². The maximum Gasteiger partial charge on any atom is 0.238 e. The van der Waals surface area contributed by atoms with E-state index in [-0.39, 0.29) is 5.91 Å². The molecule has 3 nitrogen and oxygen atoms in total. The lowest BCUT2D eigenvalue weighted by molar-refractivity contribution is -0.127. The van der Waals surface area contributed by atoms with Gasteiger partial charge in [-0.15, -0.1) is 11.3 Å². The van der Waals surface area contributed by atoms with Gasteiger partial charge in [-0.05, 0) is 42.3 Å². The van der Waals surface area contributed by atoms with Gasteiger partial charge in [0.05, 0.1) is 5.41 Å². The molecule has 0 bridgehead atoms. The Morgan fingerprint density at radius 2 is 1.95 bits per heavy atom. The molecule has 0 N–H and O–H groups in total. The minimum atomic E-state index is -0.399. The zero-order valence-electron chi connectivity index (χ0n) is 12.5. The van der Waals surface area contributed by atoms with Gasteiger partial charge in [-0.25, -0.2) is 0 Å². The Morgan fingerprint density at radius 3 is 2.73 bits per heavy atom. The normalized spacial score (nSPS) is 19.9. The lowest BCUT2D eigenvalue weighted by Gasteiger charge is -2.38. The average molecular weight is 313 g/mol. The SMILES string of the molecule is O=C(N1CCc2ccccc21)C1(c2cccs2)CCOCC1. The number of carbonyl (C=O) groups is 1. The quantitative estimate of drug-likeness (QED) is 0.850. The fraction of sp³-hybridized carbons (Fsp3) is 0.389. The summed E-state index contributed by atoms with van der Waals surface area (Å²) in [6, 6.07) is 12.4. The Hall–Kier alpha value is -1.65. The number of benzene rings is 1. The highest BCUT2D eigenvalue weighted by molar-refractivity contribution is 7.10. The lowest BCUT2D eigenvalue weighted by Crippen LogP contribution is -2.49. The summed E-state index contributed by atoms with van der Waals surface area (Å²) in [5.41, 5.74) is 1.98. The third-order valence-corrected chi connectivity index (χ3v) is 5.95. The summed E-state index contributed by atoms with van der Waals surface area (Å²) in [7, 11) is 0. The molecule has 114 valence electrons. The molecule has 0 spiro atoms. The van der Waals surface area contributed by atoms with Crippen molar-refractivity contribution >= 4 is 22.9 Å². The second-order valence-corrected chi connectivity index (χ2v) is 6.95. The van der Waals surface area contributed by atoms with Gasteiger partial charge >= 0.3 is 0 Å². The van der Waals surface area contributed by atoms with Crippen LogP contribution in [0.4, 0.5) is 5.69 Å². The van der Waals surface area contributed by atoms with Crippen LogP contribution < -0.4 is 4.90 Å². The van der Waals surface area contributed by atoms with Crippen LogP contribution in [0, 0.1) is 0 Å². The number of fused-ring (bicyclic) bond motifs is 1. The van der Waals surface area contributed by atoms with E-state index >= 15 is 0 Å². The van der Waals surface area contributed by atoms with Gasteiger partial charge in [-0.1, -0.05) is 24.3 Å². The molecule has 4 heteroatoms. The number of nitrogens with zero attached hydrogens (tertiary/aromatic N) is 1. The van der Waals surface area contributed by atoms with Crippen LogP contribution in [-0.4, -0.2) is 25.7 Å². The van der Waals surface area contributed by atoms with E-state index in [4.69, 9.17) is 4.74 Å². The number of rotatable bonds is 2. The van der Waals surface area contributed by atoms with Crippen molar-refractivity contribution < 1.29 is 9.53 Å². The van der Waals surface area contributed by atoms with Crippen LogP contribution in [0.15, 0.2) is 41.8 Å². The van der Waals surface area contributed by atoms with E-state index in [0.717, 1.165) is 31.5 Å². The molecule has 4 rings (SSSR count). The molecule has 22 heavy (non-hydrogen) atoms. The van der Waals surface area contributed by atoms with E-state index in [9.17, 15) is 4.79 Å². The minimum Gasteiger partial charge on any atom is -0.381 e. The average Bonchev–Trinajstić information content (AvgIpc) is 3.25. The van der Waals surface area contributed by atoms with Crippen LogP contribution in [0.1, 0.15) is 23.3 Å². The molecule has 1 amide bonds. The number of hydrogen-bond donors (Lipinski definition) is 0. The molecule has 2 aromatic rings. The van der Waals surface area contributed by atoms with Crippen LogP contribution >= 0.6 is 11.3 Å². The van der Waals surface area contributed by atoms with Crippen molar-refractivity contribution in [3.8, 4) is 0 Å². The van der Waals surface area contributed by atoms with Crippen molar-refractivity contribution in [1.82, 2.24) is 0 Å². The number of para-hydroxylation sites is 1. The predicted molar refractivity (Wildman–Crippen MR) is 88.5 cm³/mol. The first-order valence-electron chi connectivity index (χ1n) is 7.83. The molecule has 1 aromatic heterocycles. The van der Waals surface area contributed by atoms with Crippen LogP contribution in [0.3, 0.4) is 0 Å². The fourth-order valence-electron chi connectivity index (χ4n) is 3.64. The topological polar surface area (TPSA) is 29.5 Å². The smallest absolute Gasteiger partial charge is 0.238 e. The van der Waals surface area contributed by atoms with Gasteiger partial charge in [0.25, 0.3) is 0 Å². The van der Waals surface area contributed by atoms with Gasteiger partial charge in [0.1, 0.15) is 0 Å². The van der Waals surface area contributed by atoms with E-state index in [1.54, 1.807) is 11.3 Å². The Balaban J connectivity index is 1.73. The van der Waals surface area contributed by atoms with E-state index in [1.165, 1.54) is 10.4 Å². The molecule has 1 saturated heterocycles. The van der Waals surface area contributed by atoms with Crippen molar-refractivity contribution in [1.29, 1.82) is 0 Å². The third kappa shape index (κ3) is 2.09. The number of hydrogen-bond acceptors (Lipinski definition) is 3. The first-order valence-corrected chi connectivity index (χ1v) is 8.71. The standard InChI is InChI=1S/C18H19NO2S/c20-17(19-10-7-14-4-1-2-5-15(14)19)18(8-11-21-12-9-18)16-6-3-13-22-16/h1-6,13H,7-12H2. The monoisotopic (exact) mass is 313 g/mol. The largest absolute Gasteiger partial charge is 0.381 e. The highest BCUT2D eigenvalue weighted by atomic mass is 32.1. The Kier molecular flexibility index (Phi) is 3.51. The predicted octanol–water partition coefficient (Wildman–Crippen LogP) is 3.39. The van der Waals surface area contributed by atoms with Crippen molar-refractivity contribution in [3.05, 3.63) is 52.2 Å². The highest BCUT2D eigenvalue weighted by Crippen LogP contribution is 2.41. The Morgan fingerprint density at radius 1 is 1.14 bits per heavy atom. The van der Waals surface area contributed by atoms with Crippen LogP contribution in [-0.2, 0) is 21.4 Å². The van der Waals surface area contributed by atoms with Gasteiger partial charge in [0.2, 0.25) is 5.91 Å². The molecule has 0 radical (unpaired) electrons. The molecular weight excluding hydrogens is 294 g/mol. The van der Waals surface area contributed by atoms with Gasteiger partial charge < -0.3 is 9.64 Å². The van der Waals surface area contributed by atoms with E-state index in [1.807, 2.05) is 17.0 Å². The number of carbonyl (C=O) groups excluding carboxylic acids is 1. The van der Waals surface area contributed by atoms with Crippen LogP contribution in [0.5, 0.6) is 0 Å². The molecule has 0 aliphatic carbocycles. The minimum absolute atomic E-state index is 0.253. The number of ether oxygens (including phenoxy) is 1. The summed E-state index contributed by atoms with van der Waals surface area (Å²) in [6.45, 7) is 2.13. The molecule has 3 heterocycles. The number of thiophene rings is 1. The maximum absolute atomic E-state index is 13.5. The van der Waals surface area contributed by atoms with Crippen LogP contribution in [0.25, 0.3) is 0 Å². The molecule has 0 unspecified atom stereocenters. The van der Waals surface area contributed by atoms with Crippen molar-refractivity contribution in [2.45, 2.75) is 24.7 Å². The van der Waals surface area contributed by atoms with Crippen LogP contribution in [0.2, 0.25) is 0 Å². The zero-order chi connectivity index (χ0) is 15.0. The number of anilines is 1. The second kappa shape index (κ2) is 5.52. The molecule has 0 atom stereocenters. The summed E-state index contributed by atoms with van der Waals surface area (Å²) < 4.78 is 5.54. The summed E-state index contributed by atoms with van der Waals surface area (Å²) >= 11 is 1.69. The Labute approximate surface area is 134 Å². The molecule has 2 aliphatic rings. The number of amides is 1. The first kappa shape index (κ1) is 14.0. The molecular formula is C18H19NO2S. The van der Waals surface area contributed by atoms with Gasteiger partial charge in [0.15, 0.2) is 0 Å². The summed E-state index contributed by atoms with van der Waals surface area (Å²) in [4.78, 5) is 16.6. The van der Waals surface area contributed by atoms with E-state index in [2.05, 4.69) is 29.6 Å². The molecule has 1 aromatic carbocycles. The molecule has 0 saturated carbocycles. The first-order chi connectivity index (χ1) is 10.8. The zero-order valence-corrected chi connectivity index (χ0v) is 13.3. The maximum atomic E-state index is 13.5. The van der Waals surface area contributed by atoms with Gasteiger partial charge in [-0.2, -0.15) is 0 Å². The van der Waals surface area contributed by atoms with Gasteiger partial charge in [-0.3, -0.25) is 4.79 Å².